The van der Waals surface area contributed by atoms with Crippen LogP contribution < -0.4 is 4.90 Å². The molecule has 0 aliphatic carbocycles. The van der Waals surface area contributed by atoms with Crippen molar-refractivity contribution in [1.82, 2.24) is 4.90 Å². The number of hydrogen-bond donors (Lipinski definition) is 0. The van der Waals surface area contributed by atoms with Crippen LogP contribution in [0.4, 0.5) is 10.1 Å². The summed E-state index contributed by atoms with van der Waals surface area (Å²) in [5, 5.41) is 8.96. The summed E-state index contributed by atoms with van der Waals surface area (Å²) < 4.78 is 13.0. The van der Waals surface area contributed by atoms with Crippen molar-refractivity contribution in [2.75, 3.05) is 25.0 Å². The van der Waals surface area contributed by atoms with Crippen LogP contribution in [-0.2, 0) is 0 Å². The summed E-state index contributed by atoms with van der Waals surface area (Å²) in [5.74, 6) is -0.211. The molecule has 2 atom stereocenters. The van der Waals surface area contributed by atoms with Gasteiger partial charge in [-0.2, -0.15) is 5.26 Å². The van der Waals surface area contributed by atoms with Gasteiger partial charge in [0.15, 0.2) is 0 Å². The number of rotatable bonds is 2. The van der Waals surface area contributed by atoms with Crippen LogP contribution in [0, 0.1) is 17.1 Å². The van der Waals surface area contributed by atoms with E-state index >= 15 is 0 Å². The molecule has 2 rings (SSSR count). The van der Waals surface area contributed by atoms with E-state index in [0.29, 0.717) is 12.5 Å². The first-order chi connectivity index (χ1) is 9.11. The van der Waals surface area contributed by atoms with E-state index in [4.69, 9.17) is 5.26 Å². The van der Waals surface area contributed by atoms with Crippen molar-refractivity contribution >= 4 is 5.69 Å². The summed E-state index contributed by atoms with van der Waals surface area (Å²) in [6.45, 7) is 3.96. The molecule has 1 saturated heterocycles. The monoisotopic (exact) mass is 261 g/mol. The third kappa shape index (κ3) is 3.24. The lowest BCUT2D eigenvalue weighted by Crippen LogP contribution is -2.41. The van der Waals surface area contributed by atoms with E-state index in [0.717, 1.165) is 25.2 Å². The second-order valence-electron chi connectivity index (χ2n) is 5.24. The second kappa shape index (κ2) is 6.03. The molecular weight excluding hydrogens is 241 g/mol. The van der Waals surface area contributed by atoms with Crippen molar-refractivity contribution in [2.24, 2.45) is 0 Å². The van der Waals surface area contributed by atoms with Gasteiger partial charge in [-0.1, -0.05) is 0 Å². The summed E-state index contributed by atoms with van der Waals surface area (Å²) >= 11 is 0. The third-order valence-corrected chi connectivity index (χ3v) is 4.04. The fourth-order valence-corrected chi connectivity index (χ4v) is 2.58. The van der Waals surface area contributed by atoms with Crippen LogP contribution in [0.3, 0.4) is 0 Å². The number of anilines is 1. The average molecular weight is 261 g/mol. The van der Waals surface area contributed by atoms with Gasteiger partial charge in [0.05, 0.1) is 12.5 Å². The number of nitrogens with zero attached hydrogens (tertiary/aromatic N) is 3. The van der Waals surface area contributed by atoms with Gasteiger partial charge in [-0.25, -0.2) is 4.39 Å². The van der Waals surface area contributed by atoms with Crippen molar-refractivity contribution in [1.29, 1.82) is 5.26 Å². The maximum Gasteiger partial charge on any atom is 0.123 e. The SMILES string of the molecule is CC1CCN(c2ccc(F)cc2)CC(CC#N)N1C. The van der Waals surface area contributed by atoms with Crippen LogP contribution in [0.2, 0.25) is 0 Å². The minimum absolute atomic E-state index is 0.211. The first-order valence-corrected chi connectivity index (χ1v) is 6.71. The Morgan fingerprint density at radius 2 is 2.05 bits per heavy atom. The highest BCUT2D eigenvalue weighted by molar-refractivity contribution is 5.46. The van der Waals surface area contributed by atoms with E-state index in [1.165, 1.54) is 12.1 Å². The highest BCUT2D eigenvalue weighted by Gasteiger charge is 2.26. The molecule has 0 aromatic heterocycles. The Bertz CT molecular complexity index is 451. The van der Waals surface area contributed by atoms with Crippen LogP contribution in [0.25, 0.3) is 0 Å². The zero-order chi connectivity index (χ0) is 13.8. The van der Waals surface area contributed by atoms with Crippen LogP contribution in [0.15, 0.2) is 24.3 Å². The van der Waals surface area contributed by atoms with E-state index in [1.807, 2.05) is 12.1 Å². The van der Waals surface area contributed by atoms with Gasteiger partial charge in [0, 0.05) is 30.9 Å². The Morgan fingerprint density at radius 1 is 1.37 bits per heavy atom. The highest BCUT2D eigenvalue weighted by atomic mass is 19.1. The van der Waals surface area contributed by atoms with Gasteiger partial charge in [-0.15, -0.1) is 0 Å². The molecule has 4 heteroatoms. The first kappa shape index (κ1) is 13.8. The van der Waals surface area contributed by atoms with Crippen LogP contribution in [0.5, 0.6) is 0 Å². The molecule has 0 amide bonds. The van der Waals surface area contributed by atoms with Crippen LogP contribution >= 0.6 is 0 Å². The molecule has 0 N–H and O–H groups in total. The maximum atomic E-state index is 13.0. The molecule has 0 bridgehead atoms. The molecule has 1 fully saturated rings. The molecular formula is C15H20FN3. The average Bonchev–Trinajstić information content (AvgIpc) is 2.54. The topological polar surface area (TPSA) is 30.3 Å². The molecule has 1 heterocycles. The minimum atomic E-state index is -0.211. The largest absolute Gasteiger partial charge is 0.370 e. The summed E-state index contributed by atoms with van der Waals surface area (Å²) in [6.07, 6.45) is 1.58. The zero-order valence-electron chi connectivity index (χ0n) is 11.5. The van der Waals surface area contributed by atoms with Gasteiger partial charge in [-0.3, -0.25) is 4.90 Å². The number of nitriles is 1. The van der Waals surface area contributed by atoms with Gasteiger partial charge in [-0.05, 0) is 44.7 Å². The Kier molecular flexibility index (Phi) is 4.39. The van der Waals surface area contributed by atoms with E-state index in [1.54, 1.807) is 0 Å². The highest BCUT2D eigenvalue weighted by Crippen LogP contribution is 2.22. The Morgan fingerprint density at radius 3 is 2.68 bits per heavy atom. The van der Waals surface area contributed by atoms with Crippen LogP contribution in [0.1, 0.15) is 19.8 Å². The van der Waals surface area contributed by atoms with Crippen molar-refractivity contribution in [3.8, 4) is 6.07 Å². The predicted molar refractivity (Wildman–Crippen MR) is 74.5 cm³/mol. The van der Waals surface area contributed by atoms with Gasteiger partial charge >= 0.3 is 0 Å². The minimum Gasteiger partial charge on any atom is -0.370 e. The summed E-state index contributed by atoms with van der Waals surface area (Å²) in [5.41, 5.74) is 1.03. The number of halogens is 1. The molecule has 0 saturated carbocycles. The fraction of sp³-hybridized carbons (Fsp3) is 0.533. The summed E-state index contributed by atoms with van der Waals surface area (Å²) in [6, 6.07) is 9.57. The lowest BCUT2D eigenvalue weighted by Gasteiger charge is -2.30. The third-order valence-electron chi connectivity index (χ3n) is 4.04. The summed E-state index contributed by atoms with van der Waals surface area (Å²) in [7, 11) is 2.08. The zero-order valence-corrected chi connectivity index (χ0v) is 11.5. The summed E-state index contributed by atoms with van der Waals surface area (Å²) in [4.78, 5) is 4.54. The van der Waals surface area contributed by atoms with Gasteiger partial charge < -0.3 is 4.90 Å². The van der Waals surface area contributed by atoms with Gasteiger partial charge in [0.1, 0.15) is 5.82 Å². The molecule has 0 spiro atoms. The first-order valence-electron chi connectivity index (χ1n) is 6.71. The molecule has 1 aromatic carbocycles. The standard InChI is InChI=1S/C15H20FN3/c1-12-8-10-19(11-15(7-9-17)18(12)2)14-5-3-13(16)4-6-14/h3-6,12,15H,7-8,10-11H2,1-2H3. The lowest BCUT2D eigenvalue weighted by atomic mass is 10.1. The van der Waals surface area contributed by atoms with Crippen molar-refractivity contribution in [3.05, 3.63) is 30.1 Å². The Labute approximate surface area is 114 Å². The second-order valence-corrected chi connectivity index (χ2v) is 5.24. The molecule has 1 aliphatic heterocycles. The Balaban J connectivity index is 2.17. The molecule has 3 nitrogen and oxygen atoms in total. The fourth-order valence-electron chi connectivity index (χ4n) is 2.58. The number of hydrogen-bond acceptors (Lipinski definition) is 3. The normalized spacial score (nSPS) is 24.8. The molecule has 2 unspecified atom stereocenters. The number of benzene rings is 1. The molecule has 1 aliphatic rings. The quantitative estimate of drug-likeness (QED) is 0.820. The molecule has 0 radical (unpaired) electrons. The van der Waals surface area contributed by atoms with E-state index in [9.17, 15) is 4.39 Å². The van der Waals surface area contributed by atoms with Crippen LogP contribution in [-0.4, -0.2) is 37.1 Å². The maximum absolute atomic E-state index is 13.0. The smallest absolute Gasteiger partial charge is 0.123 e. The van der Waals surface area contributed by atoms with Gasteiger partial charge in [0.2, 0.25) is 0 Å². The predicted octanol–water partition coefficient (Wildman–Crippen LogP) is 2.64. The molecule has 19 heavy (non-hydrogen) atoms. The molecule has 1 aromatic rings. The molecule has 102 valence electrons. The lowest BCUT2D eigenvalue weighted by molar-refractivity contribution is 0.199. The van der Waals surface area contributed by atoms with Gasteiger partial charge in [0.25, 0.3) is 0 Å². The van der Waals surface area contributed by atoms with E-state index < -0.39 is 0 Å². The number of likely N-dealkylation sites (N-methyl/N-ethyl adjacent to an activating group) is 1. The van der Waals surface area contributed by atoms with Crippen molar-refractivity contribution in [3.63, 3.8) is 0 Å². The van der Waals surface area contributed by atoms with Crippen molar-refractivity contribution < 1.29 is 4.39 Å². The van der Waals surface area contributed by atoms with E-state index in [-0.39, 0.29) is 11.9 Å². The Hall–Kier alpha value is -1.60. The van der Waals surface area contributed by atoms with Crippen molar-refractivity contribution in [2.45, 2.75) is 31.8 Å². The van der Waals surface area contributed by atoms with E-state index in [2.05, 4.69) is 29.8 Å².